The van der Waals surface area contributed by atoms with Gasteiger partial charge in [-0.25, -0.2) is 8.78 Å². The van der Waals surface area contributed by atoms with Crippen molar-refractivity contribution < 1.29 is 13.9 Å². The van der Waals surface area contributed by atoms with Crippen molar-refractivity contribution in [2.75, 3.05) is 6.61 Å². The van der Waals surface area contributed by atoms with Gasteiger partial charge >= 0.3 is 0 Å². The molecule has 2 aromatic rings. The summed E-state index contributed by atoms with van der Waals surface area (Å²) in [6.45, 7) is 1.81. The Labute approximate surface area is 105 Å². The number of hydrogen-bond acceptors (Lipinski definition) is 1. The summed E-state index contributed by atoms with van der Waals surface area (Å²) in [5.41, 5.74) is 1.25. The van der Waals surface area contributed by atoms with Crippen LogP contribution in [0.2, 0.25) is 0 Å². The molecular weight excluding hydrogens is 234 g/mol. The maximum atomic E-state index is 13.8. The first-order chi connectivity index (χ1) is 8.63. The van der Waals surface area contributed by atoms with Crippen molar-refractivity contribution in [3.05, 3.63) is 59.7 Å². The topological polar surface area (TPSA) is 20.2 Å². The third-order valence-electron chi connectivity index (χ3n) is 3.00. The summed E-state index contributed by atoms with van der Waals surface area (Å²) < 4.78 is 27.4. The van der Waals surface area contributed by atoms with Gasteiger partial charge in [0.1, 0.15) is 11.6 Å². The first-order valence-electron chi connectivity index (χ1n) is 5.78. The van der Waals surface area contributed by atoms with E-state index < -0.39 is 11.6 Å². The van der Waals surface area contributed by atoms with Crippen LogP contribution in [0, 0.1) is 11.6 Å². The van der Waals surface area contributed by atoms with Crippen molar-refractivity contribution >= 4 is 0 Å². The monoisotopic (exact) mass is 248 g/mol. The fraction of sp³-hybridized carbons (Fsp3) is 0.200. The molecular formula is C15H14F2O. The summed E-state index contributed by atoms with van der Waals surface area (Å²) in [7, 11) is 0. The molecule has 0 heterocycles. The molecule has 0 saturated heterocycles. The molecule has 2 aromatic carbocycles. The van der Waals surface area contributed by atoms with E-state index in [-0.39, 0.29) is 23.7 Å². The van der Waals surface area contributed by atoms with E-state index in [1.54, 1.807) is 30.3 Å². The van der Waals surface area contributed by atoms with Crippen LogP contribution in [0.4, 0.5) is 8.78 Å². The molecule has 1 N–H and O–H groups in total. The van der Waals surface area contributed by atoms with Gasteiger partial charge in [-0.3, -0.25) is 0 Å². The number of aliphatic hydroxyl groups is 1. The average Bonchev–Trinajstić information content (AvgIpc) is 2.39. The number of hydrogen-bond donors (Lipinski definition) is 1. The Morgan fingerprint density at radius 3 is 2.33 bits per heavy atom. The molecule has 0 amide bonds. The number of benzene rings is 2. The lowest BCUT2D eigenvalue weighted by atomic mass is 9.96. The standard InChI is InChI=1S/C15H14F2O/c1-10(9-18)11-6-7-15(17)13(8-11)12-4-2-3-5-14(12)16/h2-8,10,18H,9H2,1H3. The summed E-state index contributed by atoms with van der Waals surface area (Å²) in [6, 6.07) is 10.6. The Hall–Kier alpha value is -1.74. The Morgan fingerprint density at radius 1 is 1.00 bits per heavy atom. The summed E-state index contributed by atoms with van der Waals surface area (Å²) >= 11 is 0. The number of halogens is 2. The third-order valence-corrected chi connectivity index (χ3v) is 3.00. The minimum absolute atomic E-state index is 0.0255. The molecule has 0 fully saturated rings. The van der Waals surface area contributed by atoms with E-state index in [9.17, 15) is 8.78 Å². The molecule has 0 saturated carbocycles. The first kappa shape index (κ1) is 12.7. The second kappa shape index (κ2) is 5.27. The van der Waals surface area contributed by atoms with Crippen LogP contribution < -0.4 is 0 Å². The molecule has 0 aromatic heterocycles. The van der Waals surface area contributed by atoms with Gasteiger partial charge in [-0.2, -0.15) is 0 Å². The average molecular weight is 248 g/mol. The number of aliphatic hydroxyl groups excluding tert-OH is 1. The predicted octanol–water partition coefficient (Wildman–Crippen LogP) is 3.73. The normalized spacial score (nSPS) is 12.4. The Kier molecular flexibility index (Phi) is 3.72. The van der Waals surface area contributed by atoms with Crippen molar-refractivity contribution in [2.45, 2.75) is 12.8 Å². The highest BCUT2D eigenvalue weighted by Gasteiger charge is 2.12. The summed E-state index contributed by atoms with van der Waals surface area (Å²) in [5, 5.41) is 9.11. The zero-order valence-corrected chi connectivity index (χ0v) is 10.0. The Morgan fingerprint density at radius 2 is 1.67 bits per heavy atom. The van der Waals surface area contributed by atoms with Crippen LogP contribution >= 0.6 is 0 Å². The first-order valence-corrected chi connectivity index (χ1v) is 5.78. The molecule has 1 nitrogen and oxygen atoms in total. The minimum atomic E-state index is -0.464. The van der Waals surface area contributed by atoms with E-state index >= 15 is 0 Å². The highest BCUT2D eigenvalue weighted by molar-refractivity contribution is 5.65. The van der Waals surface area contributed by atoms with Crippen LogP contribution in [-0.4, -0.2) is 11.7 Å². The molecule has 0 aliphatic heterocycles. The fourth-order valence-corrected chi connectivity index (χ4v) is 1.84. The van der Waals surface area contributed by atoms with Crippen LogP contribution in [0.15, 0.2) is 42.5 Å². The van der Waals surface area contributed by atoms with Crippen LogP contribution in [0.5, 0.6) is 0 Å². The maximum absolute atomic E-state index is 13.8. The zero-order chi connectivity index (χ0) is 13.1. The molecule has 2 rings (SSSR count). The van der Waals surface area contributed by atoms with Gasteiger partial charge in [-0.15, -0.1) is 0 Å². The second-order valence-electron chi connectivity index (χ2n) is 4.30. The Bertz CT molecular complexity index is 552. The Balaban J connectivity index is 2.54. The molecule has 94 valence electrons. The van der Waals surface area contributed by atoms with E-state index in [4.69, 9.17) is 5.11 Å². The van der Waals surface area contributed by atoms with Crippen LogP contribution in [-0.2, 0) is 0 Å². The van der Waals surface area contributed by atoms with E-state index in [0.717, 1.165) is 5.56 Å². The summed E-state index contributed by atoms with van der Waals surface area (Å²) in [5.74, 6) is -1.02. The van der Waals surface area contributed by atoms with Crippen molar-refractivity contribution in [2.24, 2.45) is 0 Å². The largest absolute Gasteiger partial charge is 0.396 e. The molecule has 0 spiro atoms. The van der Waals surface area contributed by atoms with Gasteiger partial charge in [0.25, 0.3) is 0 Å². The molecule has 3 heteroatoms. The van der Waals surface area contributed by atoms with Gasteiger partial charge in [-0.05, 0) is 23.8 Å². The molecule has 18 heavy (non-hydrogen) atoms. The smallest absolute Gasteiger partial charge is 0.131 e. The second-order valence-corrected chi connectivity index (χ2v) is 4.30. The third kappa shape index (κ3) is 2.41. The van der Waals surface area contributed by atoms with Crippen molar-refractivity contribution in [3.8, 4) is 11.1 Å². The fourth-order valence-electron chi connectivity index (χ4n) is 1.84. The minimum Gasteiger partial charge on any atom is -0.396 e. The van der Waals surface area contributed by atoms with Crippen molar-refractivity contribution in [1.82, 2.24) is 0 Å². The van der Waals surface area contributed by atoms with Gasteiger partial charge < -0.3 is 5.11 Å². The molecule has 1 unspecified atom stereocenters. The van der Waals surface area contributed by atoms with Gasteiger partial charge in [0.2, 0.25) is 0 Å². The van der Waals surface area contributed by atoms with Crippen LogP contribution in [0.25, 0.3) is 11.1 Å². The lowest BCUT2D eigenvalue weighted by molar-refractivity contribution is 0.273. The SMILES string of the molecule is CC(CO)c1ccc(F)c(-c2ccccc2F)c1. The van der Waals surface area contributed by atoms with Gasteiger partial charge in [0.15, 0.2) is 0 Å². The van der Waals surface area contributed by atoms with Gasteiger partial charge in [0, 0.05) is 23.7 Å². The number of rotatable bonds is 3. The highest BCUT2D eigenvalue weighted by Crippen LogP contribution is 2.28. The zero-order valence-electron chi connectivity index (χ0n) is 10.0. The lowest BCUT2D eigenvalue weighted by Gasteiger charge is -2.11. The van der Waals surface area contributed by atoms with E-state index in [0.29, 0.717) is 0 Å². The maximum Gasteiger partial charge on any atom is 0.131 e. The van der Waals surface area contributed by atoms with Crippen molar-refractivity contribution in [1.29, 1.82) is 0 Å². The predicted molar refractivity (Wildman–Crippen MR) is 67.3 cm³/mol. The molecule has 0 bridgehead atoms. The van der Waals surface area contributed by atoms with E-state index in [1.165, 1.54) is 12.1 Å². The van der Waals surface area contributed by atoms with Crippen LogP contribution in [0.1, 0.15) is 18.4 Å². The highest BCUT2D eigenvalue weighted by atomic mass is 19.1. The molecule has 1 atom stereocenters. The van der Waals surface area contributed by atoms with Crippen LogP contribution in [0.3, 0.4) is 0 Å². The molecule has 0 radical (unpaired) electrons. The van der Waals surface area contributed by atoms with E-state index in [2.05, 4.69) is 0 Å². The van der Waals surface area contributed by atoms with Gasteiger partial charge in [-0.1, -0.05) is 31.2 Å². The summed E-state index contributed by atoms with van der Waals surface area (Å²) in [4.78, 5) is 0. The molecule has 0 aliphatic rings. The van der Waals surface area contributed by atoms with Gasteiger partial charge in [0.05, 0.1) is 0 Å². The summed E-state index contributed by atoms with van der Waals surface area (Å²) in [6.07, 6.45) is 0. The van der Waals surface area contributed by atoms with E-state index in [1.807, 2.05) is 6.92 Å². The quantitative estimate of drug-likeness (QED) is 0.877. The van der Waals surface area contributed by atoms with Crippen molar-refractivity contribution in [3.63, 3.8) is 0 Å². The molecule has 0 aliphatic carbocycles. The lowest BCUT2D eigenvalue weighted by Crippen LogP contribution is -2.00.